The molecule has 4 aliphatic rings. The Labute approximate surface area is 109 Å². The first-order valence-corrected chi connectivity index (χ1v) is 7.09. The second-order valence-corrected chi connectivity index (χ2v) is 6.56. The Kier molecular flexibility index (Phi) is 3.08. The molecule has 3 heteroatoms. The van der Waals surface area contributed by atoms with E-state index in [1.54, 1.807) is 6.08 Å². The number of rotatable bonds is 4. The quantitative estimate of drug-likeness (QED) is 0.565. The first-order valence-electron chi connectivity index (χ1n) is 7.09. The van der Waals surface area contributed by atoms with Gasteiger partial charge in [-0.3, -0.25) is 0 Å². The van der Waals surface area contributed by atoms with Gasteiger partial charge in [-0.25, -0.2) is 4.79 Å². The van der Waals surface area contributed by atoms with Crippen LogP contribution in [-0.4, -0.2) is 19.4 Å². The zero-order valence-electron chi connectivity index (χ0n) is 10.9. The normalized spacial score (nSPS) is 40.6. The summed E-state index contributed by atoms with van der Waals surface area (Å²) in [5.41, 5.74) is 0.280. The Morgan fingerprint density at radius 2 is 1.67 bits per heavy atom. The molecule has 4 fully saturated rings. The standard InChI is InChI=1S/C15H22O3/c1-2-3-17-14(16)18-10-15-7-11-4-12(8-15)6-13(5-11)9-15/h2,11-13H,1,3-10H2. The van der Waals surface area contributed by atoms with Crippen molar-refractivity contribution in [3.8, 4) is 0 Å². The SMILES string of the molecule is C=CCOC(=O)OCC12CC3CC(CC(C3)C1)C2. The second-order valence-electron chi connectivity index (χ2n) is 6.56. The Morgan fingerprint density at radius 3 is 2.17 bits per heavy atom. The van der Waals surface area contributed by atoms with Gasteiger partial charge < -0.3 is 9.47 Å². The van der Waals surface area contributed by atoms with Gasteiger partial charge in [-0.05, 0) is 56.3 Å². The summed E-state index contributed by atoms with van der Waals surface area (Å²) >= 11 is 0. The van der Waals surface area contributed by atoms with Crippen molar-refractivity contribution in [1.82, 2.24) is 0 Å². The Hall–Kier alpha value is -0.990. The molecule has 0 spiro atoms. The van der Waals surface area contributed by atoms with Crippen LogP contribution in [0.3, 0.4) is 0 Å². The first-order chi connectivity index (χ1) is 8.69. The van der Waals surface area contributed by atoms with E-state index in [9.17, 15) is 4.79 Å². The molecule has 0 amide bonds. The maximum atomic E-state index is 11.4. The molecule has 3 nitrogen and oxygen atoms in total. The summed E-state index contributed by atoms with van der Waals surface area (Å²) < 4.78 is 10.2. The molecule has 0 N–H and O–H groups in total. The molecule has 0 aromatic rings. The van der Waals surface area contributed by atoms with Crippen LogP contribution in [0, 0.1) is 23.2 Å². The molecule has 0 heterocycles. The van der Waals surface area contributed by atoms with Crippen molar-refractivity contribution in [1.29, 1.82) is 0 Å². The van der Waals surface area contributed by atoms with Crippen molar-refractivity contribution >= 4 is 6.16 Å². The van der Waals surface area contributed by atoms with Crippen LogP contribution in [0.5, 0.6) is 0 Å². The summed E-state index contributed by atoms with van der Waals surface area (Å²) in [6.45, 7) is 4.31. The predicted octanol–water partition coefficient (Wildman–Crippen LogP) is 3.54. The van der Waals surface area contributed by atoms with Crippen molar-refractivity contribution in [2.45, 2.75) is 38.5 Å². The van der Waals surface area contributed by atoms with Crippen LogP contribution in [0.15, 0.2) is 12.7 Å². The van der Waals surface area contributed by atoms with E-state index in [0.29, 0.717) is 6.61 Å². The molecule has 0 aliphatic heterocycles. The molecule has 0 aromatic carbocycles. The number of carbonyl (C=O) groups excluding carboxylic acids is 1. The van der Waals surface area contributed by atoms with Gasteiger partial charge in [-0.2, -0.15) is 0 Å². The van der Waals surface area contributed by atoms with Gasteiger partial charge in [0.2, 0.25) is 0 Å². The van der Waals surface area contributed by atoms with Crippen molar-refractivity contribution in [2.75, 3.05) is 13.2 Å². The van der Waals surface area contributed by atoms with E-state index in [2.05, 4.69) is 6.58 Å². The lowest BCUT2D eigenvalue weighted by Gasteiger charge is -2.56. The summed E-state index contributed by atoms with van der Waals surface area (Å²) in [6.07, 6.45) is 9.05. The average molecular weight is 250 g/mol. The van der Waals surface area contributed by atoms with Gasteiger partial charge in [0, 0.05) is 5.41 Å². The zero-order valence-corrected chi connectivity index (χ0v) is 10.9. The van der Waals surface area contributed by atoms with Crippen LogP contribution < -0.4 is 0 Å². The van der Waals surface area contributed by atoms with E-state index in [0.717, 1.165) is 17.8 Å². The van der Waals surface area contributed by atoms with Crippen molar-refractivity contribution in [3.05, 3.63) is 12.7 Å². The molecule has 4 saturated carbocycles. The Bertz CT molecular complexity index is 312. The average Bonchev–Trinajstić information content (AvgIpc) is 2.32. The van der Waals surface area contributed by atoms with E-state index in [1.165, 1.54) is 38.5 Å². The zero-order chi connectivity index (χ0) is 12.6. The molecule has 4 aliphatic carbocycles. The van der Waals surface area contributed by atoms with Gasteiger partial charge in [0.05, 0.1) is 0 Å². The monoisotopic (exact) mass is 250 g/mol. The lowest BCUT2D eigenvalue weighted by molar-refractivity contribution is -0.0892. The molecular formula is C15H22O3. The largest absolute Gasteiger partial charge is 0.508 e. The van der Waals surface area contributed by atoms with E-state index in [1.807, 2.05) is 0 Å². The van der Waals surface area contributed by atoms with E-state index in [4.69, 9.17) is 9.47 Å². The van der Waals surface area contributed by atoms with Gasteiger partial charge in [-0.15, -0.1) is 0 Å². The lowest BCUT2D eigenvalue weighted by Crippen LogP contribution is -2.48. The number of carbonyl (C=O) groups is 1. The summed E-state index contributed by atoms with van der Waals surface area (Å²) in [6, 6.07) is 0. The minimum absolute atomic E-state index is 0.236. The van der Waals surface area contributed by atoms with Gasteiger partial charge in [-0.1, -0.05) is 12.7 Å². The maximum Gasteiger partial charge on any atom is 0.508 e. The third-order valence-electron chi connectivity index (χ3n) is 4.98. The summed E-state index contributed by atoms with van der Waals surface area (Å²) in [7, 11) is 0. The minimum Gasteiger partial charge on any atom is -0.434 e. The highest BCUT2D eigenvalue weighted by atomic mass is 16.7. The summed E-state index contributed by atoms with van der Waals surface area (Å²) in [5, 5.41) is 0. The fraction of sp³-hybridized carbons (Fsp3) is 0.800. The van der Waals surface area contributed by atoms with Crippen LogP contribution in [0.25, 0.3) is 0 Å². The fourth-order valence-electron chi connectivity index (χ4n) is 4.85. The maximum absolute atomic E-state index is 11.4. The van der Waals surface area contributed by atoms with E-state index >= 15 is 0 Å². The van der Waals surface area contributed by atoms with Gasteiger partial charge in [0.25, 0.3) is 0 Å². The highest BCUT2D eigenvalue weighted by Gasteiger charge is 2.51. The molecular weight excluding hydrogens is 228 g/mol. The topological polar surface area (TPSA) is 35.5 Å². The van der Waals surface area contributed by atoms with Gasteiger partial charge >= 0.3 is 6.16 Å². The summed E-state index contributed by atoms with van der Waals surface area (Å²) in [4.78, 5) is 11.4. The highest BCUT2D eigenvalue weighted by molar-refractivity contribution is 5.60. The molecule has 0 radical (unpaired) electrons. The third-order valence-corrected chi connectivity index (χ3v) is 4.98. The van der Waals surface area contributed by atoms with E-state index in [-0.39, 0.29) is 12.0 Å². The van der Waals surface area contributed by atoms with Gasteiger partial charge in [0.15, 0.2) is 0 Å². The predicted molar refractivity (Wildman–Crippen MR) is 68.1 cm³/mol. The van der Waals surface area contributed by atoms with Crippen molar-refractivity contribution in [3.63, 3.8) is 0 Å². The van der Waals surface area contributed by atoms with Crippen LogP contribution in [0.2, 0.25) is 0 Å². The highest BCUT2D eigenvalue weighted by Crippen LogP contribution is 2.60. The van der Waals surface area contributed by atoms with Crippen LogP contribution in [0.4, 0.5) is 4.79 Å². The Morgan fingerprint density at radius 1 is 1.11 bits per heavy atom. The van der Waals surface area contributed by atoms with Crippen molar-refractivity contribution < 1.29 is 14.3 Å². The van der Waals surface area contributed by atoms with Crippen LogP contribution in [0.1, 0.15) is 38.5 Å². The summed E-state index contributed by atoms with van der Waals surface area (Å²) in [5.74, 6) is 2.68. The Balaban J connectivity index is 1.56. The number of hydrogen-bond acceptors (Lipinski definition) is 3. The molecule has 0 unspecified atom stereocenters. The number of hydrogen-bond donors (Lipinski definition) is 0. The van der Waals surface area contributed by atoms with E-state index < -0.39 is 6.16 Å². The molecule has 0 saturated heterocycles. The number of ether oxygens (including phenoxy) is 2. The molecule has 4 bridgehead atoms. The molecule has 100 valence electrons. The minimum atomic E-state index is -0.536. The lowest BCUT2D eigenvalue weighted by atomic mass is 9.50. The fourth-order valence-corrected chi connectivity index (χ4v) is 4.85. The van der Waals surface area contributed by atoms with Crippen LogP contribution >= 0.6 is 0 Å². The smallest absolute Gasteiger partial charge is 0.434 e. The molecule has 0 atom stereocenters. The third kappa shape index (κ3) is 2.27. The van der Waals surface area contributed by atoms with Crippen LogP contribution in [-0.2, 0) is 9.47 Å². The van der Waals surface area contributed by atoms with Crippen molar-refractivity contribution in [2.24, 2.45) is 23.2 Å². The van der Waals surface area contributed by atoms with Gasteiger partial charge in [0.1, 0.15) is 13.2 Å². The molecule has 4 rings (SSSR count). The molecule has 18 heavy (non-hydrogen) atoms. The molecule has 0 aromatic heterocycles. The first kappa shape index (κ1) is 12.1. The second kappa shape index (κ2) is 4.60.